The first-order valence-corrected chi connectivity index (χ1v) is 12.1. The summed E-state index contributed by atoms with van der Waals surface area (Å²) in [6.45, 7) is 6.74. The van der Waals surface area contributed by atoms with Crippen molar-refractivity contribution in [1.29, 1.82) is 0 Å². The van der Waals surface area contributed by atoms with E-state index >= 15 is 0 Å². The molecular formula is C28H26FN5O4. The van der Waals surface area contributed by atoms with Gasteiger partial charge in [-0.3, -0.25) is 28.1 Å². The SMILES string of the molecule is C=CC(=O)Nc1cccc(-n2c(=O)n(C3CC3)c(=O)c3c(Nc4ccc(C)cc4F)n(C)c(=O)c(C)c32)c1. The molecule has 5 rings (SSSR count). The molecule has 9 nitrogen and oxygen atoms in total. The van der Waals surface area contributed by atoms with Gasteiger partial charge in [0.05, 0.1) is 16.9 Å². The molecule has 0 aliphatic heterocycles. The Labute approximate surface area is 216 Å². The van der Waals surface area contributed by atoms with E-state index in [-0.39, 0.29) is 34.0 Å². The van der Waals surface area contributed by atoms with Gasteiger partial charge in [-0.2, -0.15) is 0 Å². The van der Waals surface area contributed by atoms with Crippen LogP contribution in [-0.2, 0) is 11.8 Å². The molecule has 4 aromatic rings. The minimum absolute atomic E-state index is 0.0719. The summed E-state index contributed by atoms with van der Waals surface area (Å²) in [6, 6.07) is 10.8. The lowest BCUT2D eigenvalue weighted by molar-refractivity contribution is -0.111. The molecular weight excluding hydrogens is 489 g/mol. The number of anilines is 3. The number of hydrogen-bond donors (Lipinski definition) is 2. The van der Waals surface area contributed by atoms with Gasteiger partial charge in [-0.05, 0) is 68.7 Å². The Morgan fingerprint density at radius 1 is 1.08 bits per heavy atom. The molecule has 1 fully saturated rings. The molecule has 1 amide bonds. The fraction of sp³-hybridized carbons (Fsp3) is 0.214. The zero-order valence-electron chi connectivity index (χ0n) is 21.2. The molecule has 1 saturated carbocycles. The summed E-state index contributed by atoms with van der Waals surface area (Å²) in [5.41, 5.74) is 0.217. The number of benzene rings is 2. The normalized spacial score (nSPS) is 12.9. The van der Waals surface area contributed by atoms with Crippen molar-refractivity contribution in [3.05, 3.63) is 103 Å². The van der Waals surface area contributed by atoms with Gasteiger partial charge in [0.15, 0.2) is 0 Å². The quantitative estimate of drug-likeness (QED) is 0.380. The van der Waals surface area contributed by atoms with Crippen LogP contribution in [0.5, 0.6) is 0 Å². The molecule has 1 aliphatic carbocycles. The Bertz CT molecular complexity index is 1830. The Balaban J connectivity index is 1.88. The molecule has 0 saturated heterocycles. The van der Waals surface area contributed by atoms with Crippen LogP contribution >= 0.6 is 0 Å². The van der Waals surface area contributed by atoms with Crippen molar-refractivity contribution in [2.45, 2.75) is 32.7 Å². The maximum absolute atomic E-state index is 14.8. The van der Waals surface area contributed by atoms with E-state index in [0.717, 1.165) is 6.08 Å². The van der Waals surface area contributed by atoms with Crippen LogP contribution in [0.25, 0.3) is 16.6 Å². The van der Waals surface area contributed by atoms with Crippen LogP contribution in [0.15, 0.2) is 69.5 Å². The van der Waals surface area contributed by atoms with E-state index in [1.807, 2.05) is 0 Å². The largest absolute Gasteiger partial charge is 0.338 e. The minimum Gasteiger partial charge on any atom is -0.338 e. The third-order valence-corrected chi connectivity index (χ3v) is 6.69. The first-order valence-electron chi connectivity index (χ1n) is 12.1. The standard InChI is InChI=1S/C28H26FN5O4/c1-5-22(35)30-17-7-6-8-19(14-17)33-24-16(3)26(36)32(4)25(31-21-12-9-15(2)13-20(21)29)23(24)27(37)34(28(33)38)18-10-11-18/h5-9,12-14,18,31H,1,10-11H2,2-4H3,(H,30,35). The zero-order chi connectivity index (χ0) is 27.3. The Hall–Kier alpha value is -4.73. The van der Waals surface area contributed by atoms with Crippen molar-refractivity contribution in [3.63, 3.8) is 0 Å². The summed E-state index contributed by atoms with van der Waals surface area (Å²) in [5.74, 6) is -0.908. The second-order valence-corrected chi connectivity index (χ2v) is 9.44. The molecule has 0 spiro atoms. The van der Waals surface area contributed by atoms with Crippen LogP contribution in [-0.4, -0.2) is 19.6 Å². The number of hydrogen-bond acceptors (Lipinski definition) is 5. The monoisotopic (exact) mass is 515 g/mol. The van der Waals surface area contributed by atoms with Gasteiger partial charge in [0.2, 0.25) is 5.91 Å². The molecule has 2 N–H and O–H groups in total. The number of fused-ring (bicyclic) bond motifs is 1. The molecule has 2 aromatic carbocycles. The van der Waals surface area contributed by atoms with Crippen LogP contribution in [0.3, 0.4) is 0 Å². The summed E-state index contributed by atoms with van der Waals surface area (Å²) in [7, 11) is 1.49. The highest BCUT2D eigenvalue weighted by Crippen LogP contribution is 2.34. The predicted octanol–water partition coefficient (Wildman–Crippen LogP) is 3.81. The van der Waals surface area contributed by atoms with Crippen molar-refractivity contribution in [2.24, 2.45) is 7.05 Å². The van der Waals surface area contributed by atoms with Crippen LogP contribution in [0.1, 0.15) is 30.0 Å². The first-order chi connectivity index (χ1) is 18.1. The molecule has 10 heteroatoms. The lowest BCUT2D eigenvalue weighted by Crippen LogP contribution is -2.41. The number of rotatable bonds is 6. The summed E-state index contributed by atoms with van der Waals surface area (Å²) >= 11 is 0. The van der Waals surface area contributed by atoms with Gasteiger partial charge in [0.25, 0.3) is 11.1 Å². The van der Waals surface area contributed by atoms with Crippen LogP contribution in [0.4, 0.5) is 21.6 Å². The van der Waals surface area contributed by atoms with E-state index in [9.17, 15) is 23.6 Å². The highest BCUT2D eigenvalue weighted by Gasteiger charge is 2.31. The minimum atomic E-state index is -0.596. The van der Waals surface area contributed by atoms with Crippen LogP contribution in [0, 0.1) is 19.7 Å². The lowest BCUT2D eigenvalue weighted by Gasteiger charge is -2.21. The summed E-state index contributed by atoms with van der Waals surface area (Å²) in [4.78, 5) is 52.9. The van der Waals surface area contributed by atoms with E-state index in [4.69, 9.17) is 0 Å². The van der Waals surface area contributed by atoms with Gasteiger partial charge in [-0.25, -0.2) is 9.18 Å². The third-order valence-electron chi connectivity index (χ3n) is 6.69. The predicted molar refractivity (Wildman–Crippen MR) is 145 cm³/mol. The average Bonchev–Trinajstić information content (AvgIpc) is 3.72. The number of aromatic nitrogens is 3. The Kier molecular flexibility index (Phi) is 6.10. The number of halogens is 1. The van der Waals surface area contributed by atoms with Gasteiger partial charge in [0.1, 0.15) is 17.0 Å². The highest BCUT2D eigenvalue weighted by molar-refractivity contribution is 5.99. The van der Waals surface area contributed by atoms with Crippen molar-refractivity contribution >= 4 is 34.0 Å². The van der Waals surface area contributed by atoms with E-state index in [0.29, 0.717) is 29.8 Å². The van der Waals surface area contributed by atoms with Crippen LogP contribution in [0.2, 0.25) is 0 Å². The van der Waals surface area contributed by atoms with Crippen molar-refractivity contribution < 1.29 is 9.18 Å². The van der Waals surface area contributed by atoms with Gasteiger partial charge in [-0.1, -0.05) is 18.7 Å². The molecule has 0 atom stereocenters. The van der Waals surface area contributed by atoms with Crippen molar-refractivity contribution in [2.75, 3.05) is 10.6 Å². The molecule has 1 aliphatic rings. The van der Waals surface area contributed by atoms with Crippen molar-refractivity contribution in [1.82, 2.24) is 13.7 Å². The second kappa shape index (κ2) is 9.29. The molecule has 0 bridgehead atoms. The second-order valence-electron chi connectivity index (χ2n) is 9.44. The number of nitrogens with zero attached hydrogens (tertiary/aromatic N) is 3. The molecule has 38 heavy (non-hydrogen) atoms. The van der Waals surface area contributed by atoms with Gasteiger partial charge >= 0.3 is 5.69 Å². The van der Waals surface area contributed by atoms with Gasteiger partial charge in [-0.15, -0.1) is 0 Å². The lowest BCUT2D eigenvalue weighted by atomic mass is 10.1. The van der Waals surface area contributed by atoms with Gasteiger partial charge < -0.3 is 10.6 Å². The molecule has 2 aromatic heterocycles. The third kappa shape index (κ3) is 4.13. The van der Waals surface area contributed by atoms with Crippen LogP contribution < -0.4 is 27.4 Å². The number of amides is 1. The maximum atomic E-state index is 14.8. The average molecular weight is 516 g/mol. The summed E-state index contributed by atoms with van der Waals surface area (Å²) < 4.78 is 18.6. The number of pyridine rings is 1. The summed E-state index contributed by atoms with van der Waals surface area (Å²) in [6.07, 6.45) is 2.45. The number of carbonyl (C=O) groups is 1. The Morgan fingerprint density at radius 3 is 2.47 bits per heavy atom. The van der Waals surface area contributed by atoms with E-state index in [1.54, 1.807) is 44.2 Å². The maximum Gasteiger partial charge on any atom is 0.336 e. The van der Waals surface area contributed by atoms with E-state index < -0.39 is 28.5 Å². The molecule has 194 valence electrons. The fourth-order valence-electron chi connectivity index (χ4n) is 4.62. The first kappa shape index (κ1) is 24.9. The van der Waals surface area contributed by atoms with E-state index in [1.165, 1.54) is 32.9 Å². The van der Waals surface area contributed by atoms with Gasteiger partial charge in [0, 0.05) is 24.3 Å². The molecule has 0 radical (unpaired) electrons. The summed E-state index contributed by atoms with van der Waals surface area (Å²) in [5, 5.41) is 5.68. The van der Waals surface area contributed by atoms with Crippen molar-refractivity contribution in [3.8, 4) is 5.69 Å². The Morgan fingerprint density at radius 2 is 1.82 bits per heavy atom. The molecule has 0 unspecified atom stereocenters. The number of carbonyl (C=O) groups excluding carboxylic acids is 1. The number of nitrogens with one attached hydrogen (secondary N) is 2. The highest BCUT2D eigenvalue weighted by atomic mass is 19.1. The number of aryl methyl sites for hydroxylation is 2. The van der Waals surface area contributed by atoms with E-state index in [2.05, 4.69) is 17.2 Å². The fourth-order valence-corrected chi connectivity index (χ4v) is 4.62. The zero-order valence-corrected chi connectivity index (χ0v) is 21.2. The smallest absolute Gasteiger partial charge is 0.336 e. The molecule has 2 heterocycles. The topological polar surface area (TPSA) is 107 Å².